The van der Waals surface area contributed by atoms with Gasteiger partial charge in [-0.25, -0.2) is 4.98 Å². The summed E-state index contributed by atoms with van der Waals surface area (Å²) in [5.74, 6) is 0.254. The highest BCUT2D eigenvalue weighted by atomic mass is 35.5. The molecule has 1 fully saturated rings. The first-order chi connectivity index (χ1) is 13.6. The second-order valence-electron chi connectivity index (χ2n) is 7.28. The van der Waals surface area contributed by atoms with Crippen molar-refractivity contribution in [3.05, 3.63) is 52.5 Å². The third-order valence-corrected chi connectivity index (χ3v) is 5.80. The van der Waals surface area contributed by atoms with E-state index in [0.717, 1.165) is 24.8 Å². The number of piperidine rings is 1. The molecule has 5 rings (SSSR count). The van der Waals surface area contributed by atoms with Crippen molar-refractivity contribution in [3.63, 3.8) is 0 Å². The molecule has 0 aromatic carbocycles. The first kappa shape index (κ1) is 17.4. The van der Waals surface area contributed by atoms with Crippen molar-refractivity contribution in [2.75, 3.05) is 6.54 Å². The minimum Gasteiger partial charge on any atom is -0.357 e. The van der Waals surface area contributed by atoms with Gasteiger partial charge in [0.05, 0.1) is 22.2 Å². The van der Waals surface area contributed by atoms with Crippen molar-refractivity contribution < 1.29 is 13.7 Å². The smallest absolute Gasteiger partial charge is 0.255 e. The predicted molar refractivity (Wildman–Crippen MR) is 98.4 cm³/mol. The Morgan fingerprint density at radius 1 is 1.29 bits per heavy atom. The number of aromatic amines is 1. The molecule has 28 heavy (non-hydrogen) atoms. The van der Waals surface area contributed by atoms with Gasteiger partial charge in [0.15, 0.2) is 0 Å². The number of halogens is 2. The summed E-state index contributed by atoms with van der Waals surface area (Å²) >= 11 is 5.93. The molecule has 2 atom stereocenters. The highest BCUT2D eigenvalue weighted by Gasteiger charge is 2.37. The average molecular weight is 402 g/mol. The number of fused-ring (bicyclic) bond motifs is 2. The molecule has 1 N–H and O–H groups in total. The van der Waals surface area contributed by atoms with Gasteiger partial charge in [-0.3, -0.25) is 4.79 Å². The van der Waals surface area contributed by atoms with E-state index in [2.05, 4.69) is 20.1 Å². The maximum atomic E-state index is 13.5. The van der Waals surface area contributed by atoms with E-state index in [9.17, 15) is 9.18 Å². The Bertz CT molecular complexity index is 1050. The van der Waals surface area contributed by atoms with E-state index in [1.165, 1.54) is 12.3 Å². The van der Waals surface area contributed by atoms with Gasteiger partial charge in [-0.15, -0.1) is 0 Å². The van der Waals surface area contributed by atoms with Gasteiger partial charge in [-0.1, -0.05) is 16.8 Å². The van der Waals surface area contributed by atoms with Crippen LogP contribution in [0, 0.1) is 5.95 Å². The van der Waals surface area contributed by atoms with Crippen molar-refractivity contribution in [1.82, 2.24) is 25.0 Å². The lowest BCUT2D eigenvalue weighted by Crippen LogP contribution is -2.45. The highest BCUT2D eigenvalue weighted by molar-refractivity contribution is 6.30. The lowest BCUT2D eigenvalue weighted by Gasteiger charge is -2.37. The van der Waals surface area contributed by atoms with Crippen LogP contribution in [0.3, 0.4) is 0 Å². The van der Waals surface area contributed by atoms with Crippen LogP contribution in [0.1, 0.15) is 47.0 Å². The summed E-state index contributed by atoms with van der Waals surface area (Å²) in [6, 6.07) is 3.23. The molecule has 0 spiro atoms. The van der Waals surface area contributed by atoms with Crippen LogP contribution in [0.25, 0.3) is 11.5 Å². The van der Waals surface area contributed by atoms with Crippen LogP contribution < -0.4 is 0 Å². The molecular formula is C19H17ClFN5O2. The van der Waals surface area contributed by atoms with E-state index in [1.54, 1.807) is 12.3 Å². The molecule has 2 unspecified atom stereocenters. The SMILES string of the molecule is O=C1c2cnc(F)cc2CCC2CCC(c3nc(-c4cc(Cl)c[nH]4)no3)CN12. The van der Waals surface area contributed by atoms with Crippen LogP contribution in [0.15, 0.2) is 29.0 Å². The first-order valence-electron chi connectivity index (χ1n) is 9.22. The molecule has 0 radical (unpaired) electrons. The molecular weight excluding hydrogens is 385 g/mol. The maximum Gasteiger partial charge on any atom is 0.255 e. The number of carbonyl (C=O) groups excluding carboxylic acids is 1. The van der Waals surface area contributed by atoms with Crippen LogP contribution in [0.2, 0.25) is 5.02 Å². The van der Waals surface area contributed by atoms with Crippen LogP contribution in [0.4, 0.5) is 4.39 Å². The lowest BCUT2D eigenvalue weighted by molar-refractivity contribution is 0.0570. The second-order valence-corrected chi connectivity index (χ2v) is 7.71. The Kier molecular flexibility index (Phi) is 4.16. The molecule has 5 heterocycles. The van der Waals surface area contributed by atoms with Gasteiger partial charge in [0, 0.05) is 25.0 Å². The number of aryl methyl sites for hydroxylation is 1. The van der Waals surface area contributed by atoms with E-state index in [4.69, 9.17) is 16.1 Å². The van der Waals surface area contributed by atoms with Gasteiger partial charge >= 0.3 is 0 Å². The summed E-state index contributed by atoms with van der Waals surface area (Å²) < 4.78 is 19.0. The third-order valence-electron chi connectivity index (χ3n) is 5.58. The largest absolute Gasteiger partial charge is 0.357 e. The highest BCUT2D eigenvalue weighted by Crippen LogP contribution is 2.35. The van der Waals surface area contributed by atoms with E-state index in [-0.39, 0.29) is 17.9 Å². The Labute approximate surface area is 164 Å². The summed E-state index contributed by atoms with van der Waals surface area (Å²) in [6.07, 6.45) is 6.17. The number of nitrogens with zero attached hydrogens (tertiary/aromatic N) is 4. The number of rotatable bonds is 2. The van der Waals surface area contributed by atoms with Crippen LogP contribution >= 0.6 is 11.6 Å². The van der Waals surface area contributed by atoms with Crippen LogP contribution in [-0.2, 0) is 6.42 Å². The topological polar surface area (TPSA) is 87.9 Å². The number of hydrogen-bond acceptors (Lipinski definition) is 5. The summed E-state index contributed by atoms with van der Waals surface area (Å²) in [4.78, 5) is 26.1. The number of nitrogens with one attached hydrogen (secondary N) is 1. The Morgan fingerprint density at radius 3 is 3.00 bits per heavy atom. The summed E-state index contributed by atoms with van der Waals surface area (Å²) in [5.41, 5.74) is 1.89. The molecule has 3 aromatic rings. The molecule has 144 valence electrons. The van der Waals surface area contributed by atoms with Crippen LogP contribution in [0.5, 0.6) is 0 Å². The Morgan fingerprint density at radius 2 is 2.18 bits per heavy atom. The number of aromatic nitrogens is 4. The molecule has 1 saturated heterocycles. The summed E-state index contributed by atoms with van der Waals surface area (Å²) in [7, 11) is 0. The van der Waals surface area contributed by atoms with Crippen molar-refractivity contribution in [1.29, 1.82) is 0 Å². The lowest BCUT2D eigenvalue weighted by atomic mass is 9.90. The zero-order chi connectivity index (χ0) is 19.3. The van der Waals surface area contributed by atoms with Gasteiger partial charge < -0.3 is 14.4 Å². The molecule has 9 heteroatoms. The maximum absolute atomic E-state index is 13.5. The van der Waals surface area contributed by atoms with Crippen LogP contribution in [-0.4, -0.2) is 43.5 Å². The fourth-order valence-corrected chi connectivity index (χ4v) is 4.29. The second kappa shape index (κ2) is 6.70. The van der Waals surface area contributed by atoms with E-state index in [0.29, 0.717) is 41.0 Å². The van der Waals surface area contributed by atoms with Crippen molar-refractivity contribution in [3.8, 4) is 11.5 Å². The van der Waals surface area contributed by atoms with Gasteiger partial charge in [0.1, 0.15) is 0 Å². The fourth-order valence-electron chi connectivity index (χ4n) is 4.13. The normalized spacial score (nSPS) is 21.9. The van der Waals surface area contributed by atoms with Gasteiger partial charge in [-0.05, 0) is 43.4 Å². The van der Waals surface area contributed by atoms with E-state index in [1.807, 2.05) is 4.90 Å². The van der Waals surface area contributed by atoms with Gasteiger partial charge in [0.25, 0.3) is 5.91 Å². The quantitative estimate of drug-likeness (QED) is 0.663. The zero-order valence-corrected chi connectivity index (χ0v) is 15.6. The van der Waals surface area contributed by atoms with Crippen molar-refractivity contribution in [2.45, 2.75) is 37.6 Å². The zero-order valence-electron chi connectivity index (χ0n) is 14.9. The number of H-pyrrole nitrogens is 1. The molecule has 1 amide bonds. The summed E-state index contributed by atoms with van der Waals surface area (Å²) in [6.45, 7) is 0.493. The fraction of sp³-hybridized carbons (Fsp3) is 0.368. The molecule has 3 aromatic heterocycles. The molecule has 0 aliphatic carbocycles. The van der Waals surface area contributed by atoms with Gasteiger partial charge in [-0.2, -0.15) is 9.37 Å². The monoisotopic (exact) mass is 401 g/mol. The van der Waals surface area contributed by atoms with Crippen molar-refractivity contribution >= 4 is 17.5 Å². The molecule has 0 bridgehead atoms. The molecule has 2 aliphatic rings. The van der Waals surface area contributed by atoms with E-state index < -0.39 is 5.95 Å². The van der Waals surface area contributed by atoms with E-state index >= 15 is 0 Å². The predicted octanol–water partition coefficient (Wildman–Crippen LogP) is 3.59. The molecule has 7 nitrogen and oxygen atoms in total. The van der Waals surface area contributed by atoms with Gasteiger partial charge in [0.2, 0.25) is 17.7 Å². The molecule has 0 saturated carbocycles. The van der Waals surface area contributed by atoms with Crippen molar-refractivity contribution in [2.24, 2.45) is 0 Å². The Balaban J connectivity index is 1.40. The minimum atomic E-state index is -0.549. The standard InChI is InChI=1S/C19H17ClFN5O2/c20-12-6-15(22-7-12)17-24-18(28-25-17)11-2-4-13-3-1-10-5-16(21)23-8-14(10)19(27)26(13)9-11/h5-8,11,13,22H,1-4,9H2. The molecule has 2 aliphatic heterocycles. The number of pyridine rings is 1. The first-order valence-corrected chi connectivity index (χ1v) is 9.59. The Hall–Kier alpha value is -2.74. The number of amides is 1. The summed E-state index contributed by atoms with van der Waals surface area (Å²) in [5, 5.41) is 4.60. The minimum absolute atomic E-state index is 0.0400. The number of carbonyl (C=O) groups is 1. The third kappa shape index (κ3) is 2.97. The number of hydrogen-bond donors (Lipinski definition) is 1. The average Bonchev–Trinajstić information content (AvgIpc) is 3.32.